The maximum Gasteiger partial charge on any atom is 0.252 e. The molecule has 1 amide bonds. The summed E-state index contributed by atoms with van der Waals surface area (Å²) in [7, 11) is 0. The van der Waals surface area contributed by atoms with E-state index in [-0.39, 0.29) is 5.57 Å². The summed E-state index contributed by atoms with van der Waals surface area (Å²) >= 11 is 3.36. The second kappa shape index (κ2) is 6.85. The first-order chi connectivity index (χ1) is 10.1. The van der Waals surface area contributed by atoms with Gasteiger partial charge in [-0.05, 0) is 29.8 Å². The van der Waals surface area contributed by atoms with Crippen LogP contribution in [0.25, 0.3) is 5.70 Å². The molecule has 0 saturated heterocycles. The first kappa shape index (κ1) is 15.0. The Labute approximate surface area is 131 Å². The number of amides is 1. The number of nitrogens with two attached hydrogens (primary N) is 2. The van der Waals surface area contributed by atoms with Crippen molar-refractivity contribution in [3.8, 4) is 0 Å². The molecule has 0 aliphatic heterocycles. The number of rotatable bonds is 4. The second-order valence-electron chi connectivity index (χ2n) is 4.30. The highest BCUT2D eigenvalue weighted by molar-refractivity contribution is 9.10. The Morgan fingerprint density at radius 1 is 1.05 bits per heavy atom. The number of primary amides is 1. The van der Waals surface area contributed by atoms with Gasteiger partial charge in [0.2, 0.25) is 0 Å². The monoisotopic (exact) mass is 343 g/mol. The zero-order chi connectivity index (χ0) is 15.2. The van der Waals surface area contributed by atoms with Crippen LogP contribution in [0.5, 0.6) is 0 Å². The van der Waals surface area contributed by atoms with E-state index in [1.54, 1.807) is 6.07 Å². The lowest BCUT2D eigenvalue weighted by Gasteiger charge is -2.06. The van der Waals surface area contributed by atoms with Crippen LogP contribution < -0.4 is 11.5 Å². The zero-order valence-corrected chi connectivity index (χ0v) is 12.7. The van der Waals surface area contributed by atoms with Crippen LogP contribution in [0.1, 0.15) is 5.56 Å². The van der Waals surface area contributed by atoms with Gasteiger partial charge in [-0.25, -0.2) is 0 Å². The van der Waals surface area contributed by atoms with Gasteiger partial charge < -0.3 is 11.5 Å². The number of carbonyl (C=O) groups is 1. The molecule has 0 bridgehead atoms. The molecule has 0 saturated carbocycles. The van der Waals surface area contributed by atoms with Gasteiger partial charge in [0.05, 0.1) is 17.0 Å². The Morgan fingerprint density at radius 2 is 1.76 bits per heavy atom. The van der Waals surface area contributed by atoms with Gasteiger partial charge in [0.25, 0.3) is 5.91 Å². The van der Waals surface area contributed by atoms with E-state index in [1.807, 2.05) is 48.5 Å². The summed E-state index contributed by atoms with van der Waals surface area (Å²) in [5, 5.41) is 0. The van der Waals surface area contributed by atoms with Crippen molar-refractivity contribution in [2.24, 2.45) is 16.5 Å². The van der Waals surface area contributed by atoms with E-state index in [0.717, 1.165) is 10.2 Å². The quantitative estimate of drug-likeness (QED) is 0.660. The number of benzene rings is 2. The predicted octanol–water partition coefficient (Wildman–Crippen LogP) is 3.01. The highest BCUT2D eigenvalue weighted by Crippen LogP contribution is 2.18. The fourth-order valence-corrected chi connectivity index (χ4v) is 2.13. The summed E-state index contributed by atoms with van der Waals surface area (Å²) in [5.41, 5.74) is 13.3. The minimum atomic E-state index is -0.618. The topological polar surface area (TPSA) is 81.5 Å². The molecule has 0 unspecified atom stereocenters. The van der Waals surface area contributed by atoms with Gasteiger partial charge in [0, 0.05) is 10.7 Å². The van der Waals surface area contributed by atoms with Crippen molar-refractivity contribution in [3.05, 3.63) is 70.2 Å². The van der Waals surface area contributed by atoms with Crippen LogP contribution in [0.2, 0.25) is 0 Å². The van der Waals surface area contributed by atoms with Crippen molar-refractivity contribution in [1.82, 2.24) is 0 Å². The summed E-state index contributed by atoms with van der Waals surface area (Å²) in [6.07, 6.45) is 1.40. The first-order valence-electron chi connectivity index (χ1n) is 6.22. The molecule has 2 aromatic rings. The van der Waals surface area contributed by atoms with Gasteiger partial charge in [0.1, 0.15) is 0 Å². The van der Waals surface area contributed by atoms with Gasteiger partial charge in [-0.1, -0.05) is 46.3 Å². The maximum absolute atomic E-state index is 11.6. The number of hydrogen-bond acceptors (Lipinski definition) is 3. The van der Waals surface area contributed by atoms with Gasteiger partial charge in [-0.2, -0.15) is 0 Å². The molecular weight excluding hydrogens is 330 g/mol. The largest absolute Gasteiger partial charge is 0.398 e. The lowest BCUT2D eigenvalue weighted by atomic mass is 10.1. The van der Waals surface area contributed by atoms with Gasteiger partial charge in [-0.3, -0.25) is 9.79 Å². The van der Waals surface area contributed by atoms with Crippen molar-refractivity contribution < 1.29 is 4.79 Å². The average Bonchev–Trinajstić information content (AvgIpc) is 2.48. The Balaban J connectivity index is 2.41. The Morgan fingerprint density at radius 3 is 2.38 bits per heavy atom. The van der Waals surface area contributed by atoms with Gasteiger partial charge >= 0.3 is 0 Å². The zero-order valence-electron chi connectivity index (χ0n) is 11.2. The minimum Gasteiger partial charge on any atom is -0.398 e. The number of halogens is 1. The molecule has 0 aromatic heterocycles. The smallest absolute Gasteiger partial charge is 0.252 e. The molecule has 4 N–H and O–H groups in total. The molecule has 21 heavy (non-hydrogen) atoms. The number of carbonyl (C=O) groups excluding carboxylic acids is 1. The van der Waals surface area contributed by atoms with Crippen molar-refractivity contribution >= 4 is 39.4 Å². The van der Waals surface area contributed by atoms with E-state index in [4.69, 9.17) is 11.5 Å². The van der Waals surface area contributed by atoms with Crippen LogP contribution >= 0.6 is 15.9 Å². The summed E-state index contributed by atoms with van der Waals surface area (Å²) < 4.78 is 0.867. The maximum atomic E-state index is 11.6. The fraction of sp³-hybridized carbons (Fsp3) is 0. The van der Waals surface area contributed by atoms with E-state index in [0.29, 0.717) is 11.3 Å². The minimum absolute atomic E-state index is 0.178. The number of aliphatic imine (C=N–C) groups is 1. The molecule has 0 fully saturated rings. The standard InChI is InChI=1S/C16H14BrN3O/c17-12-6-4-5-11(9-12)15(18)14(16(19)21)10-20-13-7-2-1-3-8-13/h1-10H,18H2,(H2,19,21)/b15-14+,20-10?. The lowest BCUT2D eigenvalue weighted by molar-refractivity contribution is -0.114. The van der Waals surface area contributed by atoms with Gasteiger partial charge in [-0.15, -0.1) is 0 Å². The SMILES string of the molecule is NC(=O)/C(C=Nc1ccccc1)=C(/N)c1cccc(Br)c1. The van der Waals surface area contributed by atoms with Crippen molar-refractivity contribution in [3.63, 3.8) is 0 Å². The molecule has 0 atom stereocenters. The number of para-hydroxylation sites is 1. The Hall–Kier alpha value is -2.40. The van der Waals surface area contributed by atoms with Gasteiger partial charge in [0.15, 0.2) is 0 Å². The van der Waals surface area contributed by atoms with Crippen LogP contribution in [-0.2, 0) is 4.79 Å². The van der Waals surface area contributed by atoms with Crippen molar-refractivity contribution in [2.45, 2.75) is 0 Å². The normalized spacial score (nSPS) is 12.2. The van der Waals surface area contributed by atoms with E-state index < -0.39 is 5.91 Å². The number of hydrogen-bond donors (Lipinski definition) is 2. The number of nitrogens with zero attached hydrogens (tertiary/aromatic N) is 1. The predicted molar refractivity (Wildman–Crippen MR) is 89.0 cm³/mol. The molecule has 0 aliphatic carbocycles. The molecule has 4 nitrogen and oxygen atoms in total. The first-order valence-corrected chi connectivity index (χ1v) is 7.02. The molecule has 0 aliphatic rings. The van der Waals surface area contributed by atoms with Crippen molar-refractivity contribution in [2.75, 3.05) is 0 Å². The molecule has 5 heteroatoms. The Kier molecular flexibility index (Phi) is 4.90. The van der Waals surface area contributed by atoms with E-state index in [2.05, 4.69) is 20.9 Å². The molecule has 0 heterocycles. The third-order valence-corrected chi connectivity index (χ3v) is 3.28. The fourth-order valence-electron chi connectivity index (χ4n) is 1.73. The lowest BCUT2D eigenvalue weighted by Crippen LogP contribution is -2.19. The third kappa shape index (κ3) is 4.03. The molecule has 2 aromatic carbocycles. The third-order valence-electron chi connectivity index (χ3n) is 2.79. The molecular formula is C16H14BrN3O. The van der Waals surface area contributed by atoms with E-state index in [1.165, 1.54) is 6.21 Å². The summed E-state index contributed by atoms with van der Waals surface area (Å²) in [6, 6.07) is 16.6. The average molecular weight is 344 g/mol. The summed E-state index contributed by atoms with van der Waals surface area (Å²) in [5.74, 6) is -0.618. The Bertz CT molecular complexity index is 708. The second-order valence-corrected chi connectivity index (χ2v) is 5.21. The molecule has 0 spiro atoms. The summed E-state index contributed by atoms with van der Waals surface area (Å²) in [6.45, 7) is 0. The highest BCUT2D eigenvalue weighted by atomic mass is 79.9. The summed E-state index contributed by atoms with van der Waals surface area (Å²) in [4.78, 5) is 15.8. The van der Waals surface area contributed by atoms with Crippen LogP contribution in [-0.4, -0.2) is 12.1 Å². The van der Waals surface area contributed by atoms with E-state index in [9.17, 15) is 4.79 Å². The van der Waals surface area contributed by atoms with Crippen molar-refractivity contribution in [1.29, 1.82) is 0 Å². The molecule has 0 radical (unpaired) electrons. The molecule has 2 rings (SSSR count). The van der Waals surface area contributed by atoms with E-state index >= 15 is 0 Å². The van der Waals surface area contributed by atoms with Crippen LogP contribution in [0.15, 0.2) is 69.6 Å². The highest BCUT2D eigenvalue weighted by Gasteiger charge is 2.10. The molecule has 106 valence electrons. The van der Waals surface area contributed by atoms with Crippen LogP contribution in [0.3, 0.4) is 0 Å². The van der Waals surface area contributed by atoms with Crippen LogP contribution in [0, 0.1) is 0 Å². The van der Waals surface area contributed by atoms with Crippen LogP contribution in [0.4, 0.5) is 5.69 Å².